The molecule has 1 saturated heterocycles. The monoisotopic (exact) mass is 392 g/mol. The molecule has 1 atom stereocenters. The van der Waals surface area contributed by atoms with Crippen LogP contribution in [0.3, 0.4) is 0 Å². The van der Waals surface area contributed by atoms with Gasteiger partial charge in [-0.25, -0.2) is 0 Å². The smallest absolute Gasteiger partial charge is 0.227 e. The van der Waals surface area contributed by atoms with Crippen LogP contribution in [-0.4, -0.2) is 54.7 Å². The molecule has 5 heteroatoms. The molecule has 0 aromatic heterocycles. The molecule has 0 N–H and O–H groups in total. The highest BCUT2D eigenvalue weighted by Crippen LogP contribution is 2.36. The van der Waals surface area contributed by atoms with Crippen molar-refractivity contribution >= 4 is 24.1 Å². The van der Waals surface area contributed by atoms with Crippen LogP contribution >= 0.6 is 12.4 Å². The molecule has 3 rings (SSSR count). The number of aryl methyl sites for hydroxylation is 1. The van der Waals surface area contributed by atoms with E-state index >= 15 is 0 Å². The van der Waals surface area contributed by atoms with E-state index in [-0.39, 0.29) is 35.6 Å². The van der Waals surface area contributed by atoms with Gasteiger partial charge in [-0.3, -0.25) is 9.59 Å². The average Bonchev–Trinajstić information content (AvgIpc) is 2.56. The van der Waals surface area contributed by atoms with Crippen molar-refractivity contribution < 1.29 is 9.59 Å². The van der Waals surface area contributed by atoms with Crippen molar-refractivity contribution in [1.82, 2.24) is 9.80 Å². The van der Waals surface area contributed by atoms with E-state index in [1.54, 1.807) is 0 Å². The van der Waals surface area contributed by atoms with Gasteiger partial charge in [0.2, 0.25) is 5.91 Å². The molecule has 150 valence electrons. The molecule has 1 fully saturated rings. The molecule has 0 spiro atoms. The lowest BCUT2D eigenvalue weighted by Crippen LogP contribution is -2.56. The number of nitrogens with zero attached hydrogens (tertiary/aromatic N) is 2. The van der Waals surface area contributed by atoms with E-state index in [9.17, 15) is 9.59 Å². The number of fused-ring (bicyclic) bond motifs is 1. The first-order valence-electron chi connectivity index (χ1n) is 9.87. The Kier molecular flexibility index (Phi) is 7.09. The number of ketones is 1. The first-order chi connectivity index (χ1) is 12.3. The number of halogens is 1. The first kappa shape index (κ1) is 21.9. The van der Waals surface area contributed by atoms with Gasteiger partial charge in [-0.1, -0.05) is 32.0 Å². The second kappa shape index (κ2) is 8.74. The molecule has 0 bridgehead atoms. The minimum Gasteiger partial charge on any atom is -0.338 e. The Bertz CT molecular complexity index is 700. The molecule has 0 radical (unpaired) electrons. The number of rotatable bonds is 4. The van der Waals surface area contributed by atoms with E-state index in [2.05, 4.69) is 43.8 Å². The summed E-state index contributed by atoms with van der Waals surface area (Å²) in [4.78, 5) is 29.4. The van der Waals surface area contributed by atoms with Crippen LogP contribution in [0.4, 0.5) is 0 Å². The molecule has 1 aromatic carbocycles. The highest BCUT2D eigenvalue weighted by atomic mass is 35.5. The Morgan fingerprint density at radius 2 is 1.96 bits per heavy atom. The van der Waals surface area contributed by atoms with Crippen molar-refractivity contribution in [3.8, 4) is 0 Å². The molecule has 1 amide bonds. The summed E-state index contributed by atoms with van der Waals surface area (Å²) >= 11 is 0. The van der Waals surface area contributed by atoms with Crippen molar-refractivity contribution in [2.24, 2.45) is 5.41 Å². The molecule has 27 heavy (non-hydrogen) atoms. The zero-order chi connectivity index (χ0) is 18.9. The fourth-order valence-electron chi connectivity index (χ4n) is 4.53. The number of likely N-dealkylation sites (N-methyl/N-ethyl adjacent to an activating group) is 1. The molecule has 2 aliphatic rings. The van der Waals surface area contributed by atoms with Gasteiger partial charge in [-0.05, 0) is 56.3 Å². The molecule has 1 unspecified atom stereocenters. The van der Waals surface area contributed by atoms with Crippen molar-refractivity contribution in [2.45, 2.75) is 58.4 Å². The maximum atomic E-state index is 13.1. The number of benzene rings is 1. The van der Waals surface area contributed by atoms with Crippen LogP contribution in [0.25, 0.3) is 0 Å². The molecule has 1 aromatic rings. The molecule has 0 saturated carbocycles. The molecule has 1 heterocycles. The van der Waals surface area contributed by atoms with Crippen LogP contribution in [0.15, 0.2) is 18.2 Å². The summed E-state index contributed by atoms with van der Waals surface area (Å²) in [7, 11) is 4.15. The summed E-state index contributed by atoms with van der Waals surface area (Å²) in [6, 6.07) is 6.23. The van der Waals surface area contributed by atoms with Crippen molar-refractivity contribution in [1.29, 1.82) is 0 Å². The number of carbonyl (C=O) groups is 2. The Labute approximate surface area is 169 Å². The summed E-state index contributed by atoms with van der Waals surface area (Å²) in [5.41, 5.74) is 3.16. The van der Waals surface area contributed by atoms with Crippen molar-refractivity contribution in [3.63, 3.8) is 0 Å². The molecular weight excluding hydrogens is 360 g/mol. The molecule has 4 nitrogen and oxygen atoms in total. The fourth-order valence-corrected chi connectivity index (χ4v) is 4.53. The normalized spacial score (nSPS) is 21.6. The van der Waals surface area contributed by atoms with Gasteiger partial charge in [0.1, 0.15) is 0 Å². The number of likely N-dealkylation sites (tertiary alicyclic amines) is 1. The number of carbonyl (C=O) groups excluding carboxylic acids is 2. The second-order valence-corrected chi connectivity index (χ2v) is 8.90. The Hall–Kier alpha value is -1.39. The van der Waals surface area contributed by atoms with Crippen molar-refractivity contribution in [3.05, 3.63) is 34.9 Å². The summed E-state index contributed by atoms with van der Waals surface area (Å²) < 4.78 is 0. The fraction of sp³-hybridized carbons (Fsp3) is 0.636. The lowest BCUT2D eigenvalue weighted by atomic mass is 9.76. The van der Waals surface area contributed by atoms with Crippen LogP contribution in [0.1, 0.15) is 61.0 Å². The Morgan fingerprint density at radius 3 is 2.67 bits per heavy atom. The summed E-state index contributed by atoms with van der Waals surface area (Å²) in [5.74, 6) is 0.458. The molecule has 1 aliphatic heterocycles. The Morgan fingerprint density at radius 1 is 1.22 bits per heavy atom. The lowest BCUT2D eigenvalue weighted by Gasteiger charge is -2.47. The third-order valence-electron chi connectivity index (χ3n) is 6.03. The minimum atomic E-state index is 0. The van der Waals surface area contributed by atoms with Gasteiger partial charge >= 0.3 is 0 Å². The van der Waals surface area contributed by atoms with Crippen LogP contribution in [0.2, 0.25) is 0 Å². The largest absolute Gasteiger partial charge is 0.338 e. The molecule has 1 aliphatic carbocycles. The zero-order valence-corrected chi connectivity index (χ0v) is 17.9. The van der Waals surface area contributed by atoms with Crippen LogP contribution < -0.4 is 0 Å². The van der Waals surface area contributed by atoms with Gasteiger partial charge in [0, 0.05) is 31.1 Å². The van der Waals surface area contributed by atoms with Gasteiger partial charge in [0.15, 0.2) is 5.78 Å². The predicted molar refractivity (Wildman–Crippen MR) is 112 cm³/mol. The number of hydrogen-bond acceptors (Lipinski definition) is 3. The van der Waals surface area contributed by atoms with Gasteiger partial charge < -0.3 is 9.80 Å². The van der Waals surface area contributed by atoms with E-state index in [1.807, 2.05) is 12.1 Å². The number of piperidine rings is 1. The quantitative estimate of drug-likeness (QED) is 0.783. The van der Waals surface area contributed by atoms with E-state index in [0.29, 0.717) is 12.8 Å². The van der Waals surface area contributed by atoms with Gasteiger partial charge in [-0.2, -0.15) is 0 Å². The van der Waals surface area contributed by atoms with Crippen LogP contribution in [-0.2, 0) is 17.6 Å². The third kappa shape index (κ3) is 4.91. The van der Waals surface area contributed by atoms with Crippen molar-refractivity contribution in [2.75, 3.05) is 27.2 Å². The van der Waals surface area contributed by atoms with E-state index in [4.69, 9.17) is 0 Å². The maximum absolute atomic E-state index is 13.1. The van der Waals surface area contributed by atoms with E-state index in [1.165, 1.54) is 0 Å². The lowest BCUT2D eigenvalue weighted by molar-refractivity contribution is -0.138. The van der Waals surface area contributed by atoms with Gasteiger partial charge in [0.25, 0.3) is 0 Å². The number of Topliss-reactive ketones (excluding diaryl/α,β-unsaturated/α-hetero) is 1. The van der Waals surface area contributed by atoms with Crippen LogP contribution in [0, 0.1) is 5.41 Å². The van der Waals surface area contributed by atoms with Gasteiger partial charge in [-0.15, -0.1) is 12.4 Å². The van der Waals surface area contributed by atoms with Crippen LogP contribution in [0.5, 0.6) is 0 Å². The minimum absolute atomic E-state index is 0. The van der Waals surface area contributed by atoms with E-state index < -0.39 is 0 Å². The SMILES string of the molecule is CN(C)CC1N(C(=O)Cc2ccc3c(c2)CCCC3=O)CCCC1(C)C.Cl. The summed E-state index contributed by atoms with van der Waals surface area (Å²) in [6.07, 6.45) is 5.19. The average molecular weight is 393 g/mol. The zero-order valence-electron chi connectivity index (χ0n) is 17.1. The Balaban J connectivity index is 0.00000261. The van der Waals surface area contributed by atoms with Gasteiger partial charge in [0.05, 0.1) is 6.42 Å². The highest BCUT2D eigenvalue weighted by molar-refractivity contribution is 5.98. The second-order valence-electron chi connectivity index (χ2n) is 8.90. The summed E-state index contributed by atoms with van der Waals surface area (Å²) in [6.45, 7) is 6.32. The summed E-state index contributed by atoms with van der Waals surface area (Å²) in [5, 5.41) is 0. The maximum Gasteiger partial charge on any atom is 0.227 e. The number of hydrogen-bond donors (Lipinski definition) is 0. The third-order valence-corrected chi connectivity index (χ3v) is 6.03. The highest BCUT2D eigenvalue weighted by Gasteiger charge is 2.39. The first-order valence-corrected chi connectivity index (χ1v) is 9.87. The van der Waals surface area contributed by atoms with E-state index in [0.717, 1.165) is 55.5 Å². The molecular formula is C22H33ClN2O2. The topological polar surface area (TPSA) is 40.6 Å². The number of amides is 1. The predicted octanol–water partition coefficient (Wildman–Crippen LogP) is 3.75. The standard InChI is InChI=1S/C22H32N2O2.ClH/c1-22(2)11-6-12-24(20(22)15-23(3)4)21(26)14-16-9-10-18-17(13-16)7-5-8-19(18)25;/h9-10,13,20H,5-8,11-12,14-15H2,1-4H3;1H.